The molecule has 0 aliphatic carbocycles. The predicted octanol–water partition coefficient (Wildman–Crippen LogP) is 0.269. The Labute approximate surface area is 79.4 Å². The minimum absolute atomic E-state index is 0.0849. The van der Waals surface area contributed by atoms with Gasteiger partial charge in [-0.3, -0.25) is 0 Å². The number of phenols is 2. The standard InChI is InChI=1S/C8H10N2O4/c1-2-3(8(13)14)6(11)5(10)7(12)4(2)9/h11-12H,9-10H2,1H3,(H,13,14). The van der Waals surface area contributed by atoms with Gasteiger partial charge < -0.3 is 26.8 Å². The molecule has 0 radical (unpaired) electrons. The Hall–Kier alpha value is -2.11. The lowest BCUT2D eigenvalue weighted by Gasteiger charge is -2.11. The van der Waals surface area contributed by atoms with Crippen molar-refractivity contribution in [3.8, 4) is 11.5 Å². The highest BCUT2D eigenvalue weighted by molar-refractivity contribution is 5.98. The van der Waals surface area contributed by atoms with Gasteiger partial charge in [-0.1, -0.05) is 0 Å². The molecule has 0 atom stereocenters. The summed E-state index contributed by atoms with van der Waals surface area (Å²) in [6.07, 6.45) is 0. The van der Waals surface area contributed by atoms with E-state index in [9.17, 15) is 15.0 Å². The van der Waals surface area contributed by atoms with Crippen molar-refractivity contribution in [3.63, 3.8) is 0 Å². The van der Waals surface area contributed by atoms with Crippen molar-refractivity contribution in [2.75, 3.05) is 11.5 Å². The lowest BCUT2D eigenvalue weighted by molar-refractivity contribution is 0.0693. The Bertz CT molecular complexity index is 385. The van der Waals surface area contributed by atoms with Crippen LogP contribution in [0.2, 0.25) is 0 Å². The zero-order valence-corrected chi connectivity index (χ0v) is 7.40. The molecule has 0 aromatic heterocycles. The van der Waals surface area contributed by atoms with Crippen molar-refractivity contribution in [1.82, 2.24) is 0 Å². The third-order valence-corrected chi connectivity index (χ3v) is 2.00. The van der Waals surface area contributed by atoms with Crippen molar-refractivity contribution in [2.45, 2.75) is 6.92 Å². The number of carboxylic acids is 1. The van der Waals surface area contributed by atoms with Gasteiger partial charge in [-0.2, -0.15) is 0 Å². The summed E-state index contributed by atoms with van der Waals surface area (Å²) in [6.45, 7) is 1.37. The fraction of sp³-hybridized carbons (Fsp3) is 0.125. The Morgan fingerprint density at radius 2 is 1.64 bits per heavy atom. The normalized spacial score (nSPS) is 10.1. The first-order valence-electron chi connectivity index (χ1n) is 3.70. The minimum Gasteiger partial charge on any atom is -0.505 e. The molecule has 0 aliphatic rings. The summed E-state index contributed by atoms with van der Waals surface area (Å²) in [4.78, 5) is 10.7. The molecule has 76 valence electrons. The van der Waals surface area contributed by atoms with Crippen LogP contribution in [0.4, 0.5) is 11.4 Å². The molecule has 1 aromatic carbocycles. The van der Waals surface area contributed by atoms with E-state index in [1.54, 1.807) is 0 Å². The zero-order chi connectivity index (χ0) is 11.0. The summed E-state index contributed by atoms with van der Waals surface area (Å²) >= 11 is 0. The number of anilines is 2. The predicted molar refractivity (Wildman–Crippen MR) is 50.3 cm³/mol. The second kappa shape index (κ2) is 2.99. The van der Waals surface area contributed by atoms with Crippen LogP contribution in [0.1, 0.15) is 15.9 Å². The Morgan fingerprint density at radius 3 is 2.07 bits per heavy atom. The number of phenolic OH excluding ortho intramolecular Hbond substituents is 1. The lowest BCUT2D eigenvalue weighted by atomic mass is 10.0. The largest absolute Gasteiger partial charge is 0.505 e. The van der Waals surface area contributed by atoms with Crippen molar-refractivity contribution in [2.24, 2.45) is 0 Å². The monoisotopic (exact) mass is 198 g/mol. The summed E-state index contributed by atoms with van der Waals surface area (Å²) < 4.78 is 0. The van der Waals surface area contributed by atoms with Crippen LogP contribution < -0.4 is 11.5 Å². The van der Waals surface area contributed by atoms with E-state index in [0.717, 1.165) is 0 Å². The van der Waals surface area contributed by atoms with E-state index in [1.165, 1.54) is 6.92 Å². The molecule has 0 spiro atoms. The van der Waals surface area contributed by atoms with Gasteiger partial charge in [0.25, 0.3) is 0 Å². The topological polar surface area (TPSA) is 130 Å². The molecular weight excluding hydrogens is 188 g/mol. The third kappa shape index (κ3) is 1.17. The molecule has 7 N–H and O–H groups in total. The van der Waals surface area contributed by atoms with Crippen LogP contribution in [0.25, 0.3) is 0 Å². The number of nitrogens with two attached hydrogens (primary N) is 2. The maximum atomic E-state index is 10.7. The number of nitrogen functional groups attached to an aromatic ring is 2. The number of carbonyl (C=O) groups is 1. The molecule has 0 amide bonds. The fourth-order valence-corrected chi connectivity index (χ4v) is 1.14. The van der Waals surface area contributed by atoms with Crippen molar-refractivity contribution >= 4 is 17.3 Å². The van der Waals surface area contributed by atoms with E-state index >= 15 is 0 Å². The van der Waals surface area contributed by atoms with Gasteiger partial charge in [0.05, 0.1) is 5.69 Å². The molecule has 0 saturated heterocycles. The highest BCUT2D eigenvalue weighted by atomic mass is 16.4. The van der Waals surface area contributed by atoms with Crippen LogP contribution in [0.3, 0.4) is 0 Å². The summed E-state index contributed by atoms with van der Waals surface area (Å²) in [6, 6.07) is 0. The molecule has 0 heterocycles. The molecule has 0 fully saturated rings. The summed E-state index contributed by atoms with van der Waals surface area (Å²) in [5, 5.41) is 27.3. The average molecular weight is 198 g/mol. The van der Waals surface area contributed by atoms with Gasteiger partial charge in [-0.25, -0.2) is 4.79 Å². The minimum atomic E-state index is -1.35. The third-order valence-electron chi connectivity index (χ3n) is 2.00. The molecular formula is C8H10N2O4. The Kier molecular flexibility index (Phi) is 2.13. The number of hydrogen-bond donors (Lipinski definition) is 5. The van der Waals surface area contributed by atoms with Gasteiger partial charge in [-0.05, 0) is 12.5 Å². The molecule has 0 aliphatic heterocycles. The summed E-state index contributed by atoms with van der Waals surface area (Å²) in [5.74, 6) is -2.51. The lowest BCUT2D eigenvalue weighted by Crippen LogP contribution is -2.06. The summed E-state index contributed by atoms with van der Waals surface area (Å²) in [7, 11) is 0. The van der Waals surface area contributed by atoms with Crippen molar-refractivity contribution < 1.29 is 20.1 Å². The molecule has 0 bridgehead atoms. The smallest absolute Gasteiger partial charge is 0.339 e. The first-order chi connectivity index (χ1) is 6.37. The molecule has 0 saturated carbocycles. The second-order valence-electron chi connectivity index (χ2n) is 2.83. The first kappa shape index (κ1) is 9.97. The molecule has 6 heteroatoms. The Morgan fingerprint density at radius 1 is 1.14 bits per heavy atom. The first-order valence-corrected chi connectivity index (χ1v) is 3.70. The molecule has 1 rings (SSSR count). The van der Waals surface area contributed by atoms with Gasteiger partial charge in [-0.15, -0.1) is 0 Å². The van der Waals surface area contributed by atoms with Gasteiger partial charge in [0, 0.05) is 0 Å². The van der Waals surface area contributed by atoms with Gasteiger partial charge in [0.2, 0.25) is 0 Å². The number of carboxylic acid groups (broad SMARTS) is 1. The van der Waals surface area contributed by atoms with Gasteiger partial charge in [0.1, 0.15) is 11.3 Å². The van der Waals surface area contributed by atoms with E-state index in [1.807, 2.05) is 0 Å². The van der Waals surface area contributed by atoms with E-state index < -0.39 is 28.7 Å². The van der Waals surface area contributed by atoms with E-state index in [0.29, 0.717) is 0 Å². The number of benzene rings is 1. The maximum Gasteiger partial charge on any atom is 0.339 e. The molecule has 14 heavy (non-hydrogen) atoms. The van der Waals surface area contributed by atoms with Crippen molar-refractivity contribution in [1.29, 1.82) is 0 Å². The number of rotatable bonds is 1. The van der Waals surface area contributed by atoms with E-state index in [-0.39, 0.29) is 11.3 Å². The fourth-order valence-electron chi connectivity index (χ4n) is 1.14. The van der Waals surface area contributed by atoms with Gasteiger partial charge in [0.15, 0.2) is 11.5 Å². The van der Waals surface area contributed by atoms with E-state index in [4.69, 9.17) is 16.6 Å². The summed E-state index contributed by atoms with van der Waals surface area (Å²) in [5.41, 5.74) is 9.76. The second-order valence-corrected chi connectivity index (χ2v) is 2.83. The Balaban J connectivity index is 3.68. The highest BCUT2D eigenvalue weighted by Gasteiger charge is 2.22. The van der Waals surface area contributed by atoms with Gasteiger partial charge >= 0.3 is 5.97 Å². The number of aromatic carboxylic acids is 1. The van der Waals surface area contributed by atoms with E-state index in [2.05, 4.69) is 0 Å². The van der Waals surface area contributed by atoms with Crippen LogP contribution in [0.5, 0.6) is 11.5 Å². The molecule has 0 unspecified atom stereocenters. The van der Waals surface area contributed by atoms with Crippen LogP contribution in [0, 0.1) is 6.92 Å². The SMILES string of the molecule is Cc1c(N)c(O)c(N)c(O)c1C(=O)O. The number of aromatic hydroxyl groups is 2. The molecule has 6 nitrogen and oxygen atoms in total. The highest BCUT2D eigenvalue weighted by Crippen LogP contribution is 2.41. The maximum absolute atomic E-state index is 10.7. The van der Waals surface area contributed by atoms with Crippen LogP contribution >= 0.6 is 0 Å². The number of hydrogen-bond acceptors (Lipinski definition) is 5. The van der Waals surface area contributed by atoms with Crippen LogP contribution in [-0.2, 0) is 0 Å². The quantitative estimate of drug-likeness (QED) is 0.250. The molecule has 1 aromatic rings. The van der Waals surface area contributed by atoms with Crippen molar-refractivity contribution in [3.05, 3.63) is 11.1 Å². The zero-order valence-electron chi connectivity index (χ0n) is 7.40. The van der Waals surface area contributed by atoms with Crippen LogP contribution in [0.15, 0.2) is 0 Å². The van der Waals surface area contributed by atoms with Crippen LogP contribution in [-0.4, -0.2) is 21.3 Å². The average Bonchev–Trinajstić information content (AvgIpc) is 2.11.